The molecule has 3 atom stereocenters. The van der Waals surface area contributed by atoms with Crippen molar-refractivity contribution in [2.24, 2.45) is 17.8 Å². The lowest BCUT2D eigenvalue weighted by molar-refractivity contribution is 0.399. The minimum absolute atomic E-state index is 0.553. The first-order valence-corrected chi connectivity index (χ1v) is 10.6. The number of aliphatic hydroxyl groups is 2. The predicted octanol–water partition coefficient (Wildman–Crippen LogP) is 6.30. The summed E-state index contributed by atoms with van der Waals surface area (Å²) in [6, 6.07) is 22.1. The van der Waals surface area contributed by atoms with Crippen LogP contribution in [0.3, 0.4) is 0 Å². The molecular formula is C26H40O2. The molecule has 0 aromatic heterocycles. The summed E-state index contributed by atoms with van der Waals surface area (Å²) in [5, 5.41) is 14.0. The molecule has 28 heavy (non-hydrogen) atoms. The highest BCUT2D eigenvalue weighted by atomic mass is 16.2. The number of rotatable bonds is 3. The van der Waals surface area contributed by atoms with Gasteiger partial charge in [-0.15, -0.1) is 0 Å². The van der Waals surface area contributed by atoms with E-state index in [0.29, 0.717) is 5.92 Å². The van der Waals surface area contributed by atoms with Gasteiger partial charge in [0.1, 0.15) is 0 Å². The summed E-state index contributed by atoms with van der Waals surface area (Å²) in [5.74, 6) is 2.94. The Morgan fingerprint density at radius 3 is 1.39 bits per heavy atom. The number of benzene rings is 2. The van der Waals surface area contributed by atoms with Gasteiger partial charge >= 0.3 is 0 Å². The van der Waals surface area contributed by atoms with Crippen LogP contribution in [0.4, 0.5) is 0 Å². The summed E-state index contributed by atoms with van der Waals surface area (Å²) in [6.45, 7) is 8.00. The van der Waals surface area contributed by atoms with E-state index < -0.39 is 0 Å². The minimum atomic E-state index is 0.553. The molecule has 156 valence electrons. The van der Waals surface area contributed by atoms with Crippen LogP contribution in [0, 0.1) is 17.8 Å². The fourth-order valence-electron chi connectivity index (χ4n) is 4.21. The van der Waals surface area contributed by atoms with Gasteiger partial charge in [-0.05, 0) is 41.7 Å². The summed E-state index contributed by atoms with van der Waals surface area (Å²) in [6.07, 6.45) is 7.64. The molecule has 2 nitrogen and oxygen atoms in total. The highest BCUT2D eigenvalue weighted by Gasteiger charge is 2.40. The number of hydrogen-bond acceptors (Lipinski definition) is 2. The normalized spacial score (nSPS) is 20.4. The summed E-state index contributed by atoms with van der Waals surface area (Å²) in [7, 11) is 2.00. The zero-order valence-electron chi connectivity index (χ0n) is 18.5. The standard InChI is InChI=1S/C20H20.2C2H6.2CH4O/c1-3-7-16(8-4-1)20(17-9-5-2-6-10-17)19-14-15-11-12-18(19)13-15;4*1-2/h1-12,15,18-20H,13-14H2;2*1-2H3;2*2H,1H3. The van der Waals surface area contributed by atoms with Crippen LogP contribution in [0.15, 0.2) is 72.8 Å². The van der Waals surface area contributed by atoms with E-state index in [4.69, 9.17) is 10.2 Å². The Hall–Kier alpha value is -1.90. The van der Waals surface area contributed by atoms with Gasteiger partial charge in [0.05, 0.1) is 0 Å². The van der Waals surface area contributed by atoms with Crippen LogP contribution in [-0.4, -0.2) is 24.4 Å². The van der Waals surface area contributed by atoms with Gasteiger partial charge in [0.25, 0.3) is 0 Å². The molecule has 4 rings (SSSR count). The fraction of sp³-hybridized carbons (Fsp3) is 0.462. The average Bonchev–Trinajstić information content (AvgIpc) is 3.45. The Kier molecular flexibility index (Phi) is 15.0. The second-order valence-corrected chi connectivity index (χ2v) is 6.24. The predicted molar refractivity (Wildman–Crippen MR) is 123 cm³/mol. The van der Waals surface area contributed by atoms with Crippen LogP contribution in [-0.2, 0) is 0 Å². The molecule has 3 unspecified atom stereocenters. The van der Waals surface area contributed by atoms with E-state index in [1.807, 2.05) is 27.7 Å². The Morgan fingerprint density at radius 1 is 0.643 bits per heavy atom. The molecule has 2 heteroatoms. The van der Waals surface area contributed by atoms with Gasteiger partial charge in [-0.2, -0.15) is 0 Å². The van der Waals surface area contributed by atoms with Crippen LogP contribution in [0.25, 0.3) is 0 Å². The molecule has 0 amide bonds. The van der Waals surface area contributed by atoms with E-state index in [1.165, 1.54) is 24.0 Å². The Morgan fingerprint density at radius 2 is 1.07 bits per heavy atom. The summed E-state index contributed by atoms with van der Waals surface area (Å²) in [5.41, 5.74) is 2.95. The lowest BCUT2D eigenvalue weighted by Crippen LogP contribution is -2.18. The van der Waals surface area contributed by atoms with Gasteiger partial charge in [0.15, 0.2) is 0 Å². The van der Waals surface area contributed by atoms with Crippen molar-refractivity contribution in [2.45, 2.75) is 46.5 Å². The van der Waals surface area contributed by atoms with E-state index in [0.717, 1.165) is 32.0 Å². The smallest absolute Gasteiger partial charge is 0.0319 e. The van der Waals surface area contributed by atoms with E-state index >= 15 is 0 Å². The highest BCUT2D eigenvalue weighted by Crippen LogP contribution is 2.51. The van der Waals surface area contributed by atoms with Gasteiger partial charge in [-0.3, -0.25) is 0 Å². The molecule has 2 aliphatic rings. The quantitative estimate of drug-likeness (QED) is 0.610. The third-order valence-corrected chi connectivity index (χ3v) is 5.08. The summed E-state index contributed by atoms with van der Waals surface area (Å²) < 4.78 is 0. The van der Waals surface area contributed by atoms with Crippen molar-refractivity contribution >= 4 is 0 Å². The van der Waals surface area contributed by atoms with Crippen molar-refractivity contribution in [1.29, 1.82) is 0 Å². The number of aliphatic hydroxyl groups excluding tert-OH is 2. The molecule has 2 aliphatic carbocycles. The average molecular weight is 385 g/mol. The molecule has 1 saturated carbocycles. The van der Waals surface area contributed by atoms with Crippen LogP contribution >= 0.6 is 0 Å². The molecule has 0 saturated heterocycles. The first-order chi connectivity index (χ1) is 13.9. The Balaban J connectivity index is 0.000000818. The first-order valence-electron chi connectivity index (χ1n) is 10.6. The van der Waals surface area contributed by atoms with E-state index in [1.54, 1.807) is 0 Å². The maximum atomic E-state index is 7.00. The SMILES string of the molecule is C1=CC2CC1CC2C(c1ccccc1)c1ccccc1.CC.CC.CO.CO. The maximum Gasteiger partial charge on any atom is 0.0319 e. The molecule has 2 aromatic carbocycles. The summed E-state index contributed by atoms with van der Waals surface area (Å²) in [4.78, 5) is 0. The van der Waals surface area contributed by atoms with Crippen LogP contribution < -0.4 is 0 Å². The molecule has 0 heterocycles. The molecule has 2 N–H and O–H groups in total. The van der Waals surface area contributed by atoms with Gasteiger partial charge in [-0.25, -0.2) is 0 Å². The molecule has 0 spiro atoms. The second-order valence-electron chi connectivity index (χ2n) is 6.24. The first kappa shape index (κ1) is 26.1. The lowest BCUT2D eigenvalue weighted by Gasteiger charge is -2.29. The molecule has 0 aliphatic heterocycles. The van der Waals surface area contributed by atoms with Gasteiger partial charge in [0, 0.05) is 20.1 Å². The van der Waals surface area contributed by atoms with Crippen LogP contribution in [0.1, 0.15) is 57.6 Å². The minimum Gasteiger partial charge on any atom is -0.400 e. The fourth-order valence-corrected chi connectivity index (χ4v) is 4.21. The largest absolute Gasteiger partial charge is 0.400 e. The number of hydrogen-bond donors (Lipinski definition) is 2. The zero-order valence-corrected chi connectivity index (χ0v) is 18.5. The van der Waals surface area contributed by atoms with Crippen molar-refractivity contribution in [1.82, 2.24) is 0 Å². The monoisotopic (exact) mass is 384 g/mol. The highest BCUT2D eigenvalue weighted by molar-refractivity contribution is 5.35. The molecular weight excluding hydrogens is 344 g/mol. The zero-order chi connectivity index (χ0) is 21.4. The molecule has 0 radical (unpaired) electrons. The number of fused-ring (bicyclic) bond motifs is 2. The molecule has 2 aromatic rings. The molecule has 1 fully saturated rings. The summed E-state index contributed by atoms with van der Waals surface area (Å²) >= 11 is 0. The van der Waals surface area contributed by atoms with Gasteiger partial charge in [0.2, 0.25) is 0 Å². The van der Waals surface area contributed by atoms with Crippen LogP contribution in [0.2, 0.25) is 0 Å². The van der Waals surface area contributed by atoms with Gasteiger partial charge < -0.3 is 10.2 Å². The number of allylic oxidation sites excluding steroid dienone is 2. The third-order valence-electron chi connectivity index (χ3n) is 5.08. The van der Waals surface area contributed by atoms with E-state index in [9.17, 15) is 0 Å². The van der Waals surface area contributed by atoms with Crippen molar-refractivity contribution in [3.05, 3.63) is 83.9 Å². The second kappa shape index (κ2) is 16.1. The van der Waals surface area contributed by atoms with Crippen molar-refractivity contribution in [3.63, 3.8) is 0 Å². The van der Waals surface area contributed by atoms with Crippen molar-refractivity contribution in [2.75, 3.05) is 14.2 Å². The van der Waals surface area contributed by atoms with Crippen LogP contribution in [0.5, 0.6) is 0 Å². The van der Waals surface area contributed by atoms with Crippen molar-refractivity contribution in [3.8, 4) is 0 Å². The Labute approximate surface area is 173 Å². The van der Waals surface area contributed by atoms with E-state index in [2.05, 4.69) is 72.8 Å². The lowest BCUT2D eigenvalue weighted by atomic mass is 9.74. The Bertz CT molecular complexity index is 567. The topological polar surface area (TPSA) is 40.5 Å². The third kappa shape index (κ3) is 6.92. The molecule has 2 bridgehead atoms. The van der Waals surface area contributed by atoms with Crippen molar-refractivity contribution < 1.29 is 10.2 Å². The van der Waals surface area contributed by atoms with E-state index in [-0.39, 0.29) is 0 Å². The maximum absolute atomic E-state index is 7.00. The van der Waals surface area contributed by atoms with Gasteiger partial charge in [-0.1, -0.05) is 101 Å².